The van der Waals surface area contributed by atoms with Gasteiger partial charge in [0.05, 0.1) is 29.3 Å². The standard InChI is InChI=1S/C21H19FN2O3S/c22-15-9-7-14(8-10-15)19(25)13-28-21-23-18-6-2-1-5-17(18)20(26)24(21)12-16-4-3-11-27-16/h1-2,5-10,16H,3-4,11-13H2/t16-/m0/s1. The molecule has 0 saturated carbocycles. The molecule has 1 aromatic heterocycles. The predicted molar refractivity (Wildman–Crippen MR) is 106 cm³/mol. The van der Waals surface area contributed by atoms with Crippen LogP contribution in [0.1, 0.15) is 23.2 Å². The van der Waals surface area contributed by atoms with Crippen LogP contribution in [0.4, 0.5) is 4.39 Å². The van der Waals surface area contributed by atoms with Crippen molar-refractivity contribution in [2.45, 2.75) is 30.6 Å². The largest absolute Gasteiger partial charge is 0.376 e. The van der Waals surface area contributed by atoms with E-state index < -0.39 is 0 Å². The summed E-state index contributed by atoms with van der Waals surface area (Å²) in [5, 5.41) is 1.05. The second-order valence-electron chi connectivity index (χ2n) is 6.68. The molecule has 4 rings (SSSR count). The number of fused-ring (bicyclic) bond motifs is 1. The van der Waals surface area contributed by atoms with Crippen LogP contribution < -0.4 is 5.56 Å². The van der Waals surface area contributed by atoms with Gasteiger partial charge in [-0.3, -0.25) is 14.2 Å². The van der Waals surface area contributed by atoms with E-state index in [1.807, 2.05) is 12.1 Å². The SMILES string of the molecule is O=C(CSc1nc2ccccc2c(=O)n1C[C@@H]1CCCO1)c1ccc(F)cc1. The Labute approximate surface area is 165 Å². The highest BCUT2D eigenvalue weighted by atomic mass is 32.2. The van der Waals surface area contributed by atoms with E-state index in [1.165, 1.54) is 36.0 Å². The minimum atomic E-state index is -0.384. The van der Waals surface area contributed by atoms with Crippen LogP contribution in [0.3, 0.4) is 0 Å². The fourth-order valence-corrected chi connectivity index (χ4v) is 4.16. The molecule has 1 fully saturated rings. The number of hydrogen-bond acceptors (Lipinski definition) is 5. The molecule has 2 heterocycles. The number of rotatable bonds is 6. The molecular formula is C21H19FN2O3S. The molecule has 0 spiro atoms. The molecule has 7 heteroatoms. The third kappa shape index (κ3) is 4.00. The number of ketones is 1. The van der Waals surface area contributed by atoms with E-state index in [9.17, 15) is 14.0 Å². The monoisotopic (exact) mass is 398 g/mol. The third-order valence-electron chi connectivity index (χ3n) is 4.74. The topological polar surface area (TPSA) is 61.2 Å². The van der Waals surface area contributed by atoms with E-state index in [-0.39, 0.29) is 29.0 Å². The van der Waals surface area contributed by atoms with Crippen molar-refractivity contribution in [2.24, 2.45) is 0 Å². The number of carbonyl (C=O) groups excluding carboxylic acids is 1. The average Bonchev–Trinajstić information content (AvgIpc) is 3.22. The molecule has 1 saturated heterocycles. The number of Topliss-reactive ketones (excluding diaryl/α,β-unsaturated/α-hetero) is 1. The van der Waals surface area contributed by atoms with Crippen molar-refractivity contribution in [2.75, 3.05) is 12.4 Å². The second kappa shape index (κ2) is 8.24. The molecule has 3 aromatic rings. The van der Waals surface area contributed by atoms with Crippen LogP contribution in [0.25, 0.3) is 10.9 Å². The number of thioether (sulfide) groups is 1. The zero-order chi connectivity index (χ0) is 19.5. The molecule has 144 valence electrons. The zero-order valence-electron chi connectivity index (χ0n) is 15.1. The number of para-hydroxylation sites is 1. The highest BCUT2D eigenvalue weighted by Gasteiger charge is 2.20. The van der Waals surface area contributed by atoms with Crippen LogP contribution in [0.2, 0.25) is 0 Å². The summed E-state index contributed by atoms with van der Waals surface area (Å²) in [6, 6.07) is 12.6. The number of nitrogens with zero attached hydrogens (tertiary/aromatic N) is 2. The fraction of sp³-hybridized carbons (Fsp3) is 0.286. The number of benzene rings is 2. The first-order chi connectivity index (χ1) is 13.6. The van der Waals surface area contributed by atoms with Gasteiger partial charge >= 0.3 is 0 Å². The predicted octanol–water partition coefficient (Wildman–Crippen LogP) is 3.69. The van der Waals surface area contributed by atoms with Crippen molar-refractivity contribution in [3.63, 3.8) is 0 Å². The molecule has 5 nitrogen and oxygen atoms in total. The van der Waals surface area contributed by atoms with Gasteiger partial charge in [0.15, 0.2) is 10.9 Å². The van der Waals surface area contributed by atoms with Crippen molar-refractivity contribution in [1.29, 1.82) is 0 Å². The lowest BCUT2D eigenvalue weighted by Gasteiger charge is -2.16. The lowest BCUT2D eigenvalue weighted by Crippen LogP contribution is -2.29. The van der Waals surface area contributed by atoms with Crippen molar-refractivity contribution >= 4 is 28.4 Å². The molecule has 0 N–H and O–H groups in total. The van der Waals surface area contributed by atoms with Gasteiger partial charge in [-0.15, -0.1) is 0 Å². The Bertz CT molecular complexity index is 1060. The second-order valence-corrected chi connectivity index (χ2v) is 7.62. The van der Waals surface area contributed by atoms with E-state index in [1.54, 1.807) is 16.7 Å². The van der Waals surface area contributed by atoms with Crippen LogP contribution in [0.15, 0.2) is 58.5 Å². The number of ether oxygens (including phenoxy) is 1. The minimum Gasteiger partial charge on any atom is -0.376 e. The normalized spacial score (nSPS) is 16.5. The molecule has 28 heavy (non-hydrogen) atoms. The smallest absolute Gasteiger partial charge is 0.262 e. The van der Waals surface area contributed by atoms with Gasteiger partial charge in [0.25, 0.3) is 5.56 Å². The molecule has 0 radical (unpaired) electrons. The summed E-state index contributed by atoms with van der Waals surface area (Å²) in [5.41, 5.74) is 0.911. The molecule has 1 atom stereocenters. The van der Waals surface area contributed by atoms with Crippen LogP contribution in [-0.4, -0.2) is 33.8 Å². The van der Waals surface area contributed by atoms with Gasteiger partial charge < -0.3 is 4.74 Å². The Kier molecular flexibility index (Phi) is 5.54. The van der Waals surface area contributed by atoms with Crippen molar-refractivity contribution in [1.82, 2.24) is 9.55 Å². The molecule has 1 aliphatic heterocycles. The van der Waals surface area contributed by atoms with E-state index in [0.717, 1.165) is 12.8 Å². The van der Waals surface area contributed by atoms with Gasteiger partial charge in [0, 0.05) is 12.2 Å². The van der Waals surface area contributed by atoms with Crippen LogP contribution >= 0.6 is 11.8 Å². The lowest BCUT2D eigenvalue weighted by atomic mass is 10.1. The number of aromatic nitrogens is 2. The third-order valence-corrected chi connectivity index (χ3v) is 5.71. The van der Waals surface area contributed by atoms with Gasteiger partial charge in [0.2, 0.25) is 0 Å². The maximum absolute atomic E-state index is 13.1. The Morgan fingerprint density at radius 3 is 2.75 bits per heavy atom. The number of halogens is 1. The van der Waals surface area contributed by atoms with Crippen molar-refractivity contribution in [3.05, 3.63) is 70.3 Å². The highest BCUT2D eigenvalue weighted by Crippen LogP contribution is 2.22. The Morgan fingerprint density at radius 1 is 1.21 bits per heavy atom. The van der Waals surface area contributed by atoms with E-state index in [2.05, 4.69) is 4.98 Å². The summed E-state index contributed by atoms with van der Waals surface area (Å²) in [4.78, 5) is 30.1. The zero-order valence-corrected chi connectivity index (χ0v) is 16.0. The molecule has 0 bridgehead atoms. The molecule has 0 unspecified atom stereocenters. The first-order valence-corrected chi connectivity index (χ1v) is 10.1. The summed E-state index contributed by atoms with van der Waals surface area (Å²) >= 11 is 1.22. The maximum Gasteiger partial charge on any atom is 0.262 e. The van der Waals surface area contributed by atoms with Crippen molar-refractivity contribution in [3.8, 4) is 0 Å². The first-order valence-electron chi connectivity index (χ1n) is 9.14. The molecule has 1 aliphatic rings. The first kappa shape index (κ1) is 18.8. The van der Waals surface area contributed by atoms with Gasteiger partial charge in [-0.1, -0.05) is 23.9 Å². The summed E-state index contributed by atoms with van der Waals surface area (Å²) in [6.45, 7) is 1.12. The Morgan fingerprint density at radius 2 is 2.00 bits per heavy atom. The van der Waals surface area contributed by atoms with Crippen LogP contribution in [-0.2, 0) is 11.3 Å². The quantitative estimate of drug-likeness (QED) is 0.360. The number of carbonyl (C=O) groups is 1. The van der Waals surface area contributed by atoms with Crippen LogP contribution in [0.5, 0.6) is 0 Å². The average molecular weight is 398 g/mol. The Balaban J connectivity index is 1.63. The van der Waals surface area contributed by atoms with E-state index in [4.69, 9.17) is 4.74 Å². The Hall–Kier alpha value is -2.51. The van der Waals surface area contributed by atoms with Crippen molar-refractivity contribution < 1.29 is 13.9 Å². The maximum atomic E-state index is 13.1. The highest BCUT2D eigenvalue weighted by molar-refractivity contribution is 7.99. The van der Waals surface area contributed by atoms with E-state index in [0.29, 0.717) is 34.8 Å². The van der Waals surface area contributed by atoms with Gasteiger partial charge in [0.1, 0.15) is 5.82 Å². The molecule has 0 amide bonds. The summed E-state index contributed by atoms with van der Waals surface area (Å²) in [6.07, 6.45) is 1.86. The molecule has 2 aromatic carbocycles. The van der Waals surface area contributed by atoms with Gasteiger partial charge in [-0.25, -0.2) is 9.37 Å². The number of hydrogen-bond donors (Lipinski definition) is 0. The van der Waals surface area contributed by atoms with E-state index >= 15 is 0 Å². The molecule has 0 aliphatic carbocycles. The lowest BCUT2D eigenvalue weighted by molar-refractivity contribution is 0.0937. The van der Waals surface area contributed by atoms with Gasteiger partial charge in [-0.05, 0) is 49.2 Å². The van der Waals surface area contributed by atoms with Crippen LogP contribution in [0, 0.1) is 5.82 Å². The fourth-order valence-electron chi connectivity index (χ4n) is 3.26. The summed E-state index contributed by atoms with van der Waals surface area (Å²) < 4.78 is 20.4. The minimum absolute atomic E-state index is 0.0205. The molecular weight excluding hydrogens is 379 g/mol. The summed E-state index contributed by atoms with van der Waals surface area (Å²) in [7, 11) is 0. The van der Waals surface area contributed by atoms with Gasteiger partial charge in [-0.2, -0.15) is 0 Å². The summed E-state index contributed by atoms with van der Waals surface area (Å²) in [5.74, 6) is -0.413.